The minimum atomic E-state index is -1.50. The molecule has 2 N–H and O–H groups in total. The van der Waals surface area contributed by atoms with Crippen LogP contribution in [0.15, 0.2) is 103 Å². The quantitative estimate of drug-likeness (QED) is 0.155. The highest BCUT2D eigenvalue weighted by Gasteiger charge is 2.70. The van der Waals surface area contributed by atoms with Crippen LogP contribution in [0.5, 0.6) is 11.5 Å². The highest BCUT2D eigenvalue weighted by atomic mass is 35.5. The molecule has 0 bridgehead atoms. The van der Waals surface area contributed by atoms with E-state index in [0.717, 1.165) is 29.4 Å². The number of carbonyl (C=O) groups excluding carboxylic acids is 4. The van der Waals surface area contributed by atoms with Crippen molar-refractivity contribution >= 4 is 63.9 Å². The van der Waals surface area contributed by atoms with Crippen molar-refractivity contribution in [3.8, 4) is 11.5 Å². The number of methoxy groups -OCH3 is 1. The average molecular weight is 794 g/mol. The number of fused-ring (bicyclic) bond motifs is 4. The Labute approximate surface area is 333 Å². The van der Waals surface area contributed by atoms with Gasteiger partial charge < -0.3 is 19.5 Å². The number of hydrazine groups is 1. The van der Waals surface area contributed by atoms with Crippen LogP contribution in [-0.2, 0) is 29.3 Å². The predicted molar refractivity (Wildman–Crippen MR) is 211 cm³/mol. The fourth-order valence-corrected chi connectivity index (χ4v) is 10.2. The van der Waals surface area contributed by atoms with Crippen molar-refractivity contribution in [1.82, 2.24) is 5.01 Å². The van der Waals surface area contributed by atoms with Gasteiger partial charge in [0.1, 0.15) is 11.5 Å². The summed E-state index contributed by atoms with van der Waals surface area (Å²) in [5, 5.41) is 12.0. The summed E-state index contributed by atoms with van der Waals surface area (Å²) in [6, 6.07) is 26.0. The summed E-state index contributed by atoms with van der Waals surface area (Å²) in [6.45, 7) is 2.77. The molecule has 4 aromatic carbocycles. The number of amides is 4. The summed E-state index contributed by atoms with van der Waals surface area (Å²) in [5.41, 5.74) is 5.38. The Morgan fingerprint density at radius 2 is 1.52 bits per heavy atom. The summed E-state index contributed by atoms with van der Waals surface area (Å²) < 4.78 is 11.0. The lowest BCUT2D eigenvalue weighted by Crippen LogP contribution is -2.53. The molecule has 11 nitrogen and oxygen atoms in total. The molecule has 6 unspecified atom stereocenters. The maximum absolute atomic E-state index is 15.4. The molecule has 4 aromatic rings. The van der Waals surface area contributed by atoms with E-state index in [0.29, 0.717) is 46.5 Å². The lowest BCUT2D eigenvalue weighted by Gasteiger charge is -2.50. The number of anilines is 3. The topological polar surface area (TPSA) is 129 Å². The van der Waals surface area contributed by atoms with Gasteiger partial charge in [-0.3, -0.25) is 29.5 Å². The summed E-state index contributed by atoms with van der Waals surface area (Å²) in [7, 11) is 1.55. The number of carbonyl (C=O) groups is 4. The van der Waals surface area contributed by atoms with Crippen LogP contribution in [0.4, 0.5) is 17.1 Å². The first kappa shape index (κ1) is 36.3. The third kappa shape index (κ3) is 5.58. The highest BCUT2D eigenvalue weighted by Crippen LogP contribution is 2.64. The Morgan fingerprint density at radius 3 is 2.20 bits per heavy atom. The number of morpholine rings is 1. The molecule has 4 fully saturated rings. The molecule has 3 heterocycles. The van der Waals surface area contributed by atoms with E-state index >= 15 is 4.79 Å². The first-order valence-electron chi connectivity index (χ1n) is 18.7. The Bertz CT molecular complexity index is 2280. The minimum Gasteiger partial charge on any atom is -0.508 e. The Hall–Kier alpha value is -5.36. The molecule has 13 heteroatoms. The third-order valence-electron chi connectivity index (χ3n) is 12.3. The maximum atomic E-state index is 15.4. The van der Waals surface area contributed by atoms with Gasteiger partial charge in [-0.05, 0) is 96.6 Å². The largest absolute Gasteiger partial charge is 0.508 e. The number of imide groups is 2. The summed E-state index contributed by atoms with van der Waals surface area (Å²) in [6.07, 6.45) is 2.42. The fraction of sp³-hybridized carbons (Fsp3) is 0.302. The van der Waals surface area contributed by atoms with Gasteiger partial charge in [-0.2, -0.15) is 5.01 Å². The van der Waals surface area contributed by atoms with Gasteiger partial charge in [-0.15, -0.1) is 0 Å². The molecule has 1 saturated carbocycles. The van der Waals surface area contributed by atoms with Crippen molar-refractivity contribution in [3.05, 3.63) is 124 Å². The summed E-state index contributed by atoms with van der Waals surface area (Å²) in [4.78, 5) is 62.8. The monoisotopic (exact) mass is 792 g/mol. The Kier molecular flexibility index (Phi) is 9.06. The van der Waals surface area contributed by atoms with Crippen LogP contribution in [0.3, 0.4) is 0 Å². The zero-order valence-corrected chi connectivity index (χ0v) is 31.9. The number of benzene rings is 4. The van der Waals surface area contributed by atoms with Crippen molar-refractivity contribution < 1.29 is 33.8 Å². The summed E-state index contributed by atoms with van der Waals surface area (Å²) in [5.74, 6) is -4.65. The van der Waals surface area contributed by atoms with Crippen LogP contribution >= 0.6 is 23.2 Å². The van der Waals surface area contributed by atoms with Crippen molar-refractivity contribution in [2.75, 3.05) is 48.6 Å². The van der Waals surface area contributed by atoms with E-state index in [1.807, 2.05) is 42.5 Å². The lowest BCUT2D eigenvalue weighted by molar-refractivity contribution is -0.138. The molecule has 5 aliphatic rings. The standard InChI is InChI=1S/C43H38Cl2N4O7/c1-55-30-13-4-25(5-14-30)43-34(40(52)49(42(43)54)46-36-17-6-26(44)22-35(36)45)23-33-31(38(43)24-2-11-29(50)12-3-24)15-16-32-37(33)41(53)48(39(32)51)28-9-7-27(8-10-28)47-18-20-56-21-19-47/h2-15,17,22,32-34,37-38,46,50H,16,18-21,23H2,1H3. The van der Waals surface area contributed by atoms with Gasteiger partial charge in [0.2, 0.25) is 11.8 Å². The molecule has 0 spiro atoms. The molecule has 4 amide bonds. The summed E-state index contributed by atoms with van der Waals surface area (Å²) >= 11 is 12.7. The molecule has 9 rings (SSSR count). The molecule has 3 saturated heterocycles. The Morgan fingerprint density at radius 1 is 0.821 bits per heavy atom. The van der Waals surface area contributed by atoms with Gasteiger partial charge in [-0.25, -0.2) is 0 Å². The van der Waals surface area contributed by atoms with E-state index in [2.05, 4.69) is 10.3 Å². The average Bonchev–Trinajstić information content (AvgIpc) is 3.60. The van der Waals surface area contributed by atoms with Crippen LogP contribution in [0.2, 0.25) is 10.0 Å². The van der Waals surface area contributed by atoms with E-state index in [1.165, 1.54) is 11.0 Å². The molecule has 2 aliphatic carbocycles. The number of halogens is 2. The SMILES string of the molecule is COc1ccc(C23C(=O)N(Nc4ccc(Cl)cc4Cl)C(=O)C2CC2C(=CCC4C(=O)N(c5ccc(N6CCOCC6)cc5)C(=O)C42)C3c2ccc(O)cc2)cc1. The molecule has 0 aromatic heterocycles. The molecule has 56 heavy (non-hydrogen) atoms. The molecule has 0 radical (unpaired) electrons. The second-order valence-corrected chi connectivity index (χ2v) is 15.8. The second kappa shape index (κ2) is 14.0. The number of phenolic OH excluding ortho intramolecular Hbond substituents is 1. The smallest absolute Gasteiger partial charge is 0.260 e. The van der Waals surface area contributed by atoms with Crippen LogP contribution in [0.25, 0.3) is 0 Å². The van der Waals surface area contributed by atoms with Crippen molar-refractivity contribution in [3.63, 3.8) is 0 Å². The van der Waals surface area contributed by atoms with E-state index < -0.39 is 46.8 Å². The lowest BCUT2D eigenvalue weighted by atomic mass is 9.49. The van der Waals surface area contributed by atoms with Gasteiger partial charge in [0.25, 0.3) is 11.8 Å². The van der Waals surface area contributed by atoms with E-state index in [9.17, 15) is 19.5 Å². The highest BCUT2D eigenvalue weighted by molar-refractivity contribution is 6.36. The number of rotatable bonds is 7. The Balaban J connectivity index is 1.16. The normalized spacial score (nSPS) is 27.2. The molecule has 3 aliphatic heterocycles. The minimum absolute atomic E-state index is 0.0372. The number of nitrogens with one attached hydrogen (secondary N) is 1. The van der Waals surface area contributed by atoms with Crippen LogP contribution in [0.1, 0.15) is 29.9 Å². The van der Waals surface area contributed by atoms with E-state index in [1.54, 1.807) is 55.6 Å². The number of aromatic hydroxyl groups is 1. The van der Waals surface area contributed by atoms with Crippen LogP contribution in [0, 0.1) is 23.7 Å². The van der Waals surface area contributed by atoms with Gasteiger partial charge in [-0.1, -0.05) is 59.1 Å². The van der Waals surface area contributed by atoms with Gasteiger partial charge in [0.15, 0.2) is 0 Å². The first-order valence-corrected chi connectivity index (χ1v) is 19.4. The van der Waals surface area contributed by atoms with E-state index in [-0.39, 0.29) is 35.4 Å². The number of hydrogen-bond acceptors (Lipinski definition) is 9. The molecule has 6 atom stereocenters. The zero-order valence-electron chi connectivity index (χ0n) is 30.4. The number of allylic oxidation sites excluding steroid dienone is 2. The van der Waals surface area contributed by atoms with E-state index in [4.69, 9.17) is 32.7 Å². The van der Waals surface area contributed by atoms with Crippen LogP contribution < -0.4 is 20.0 Å². The van der Waals surface area contributed by atoms with Gasteiger partial charge in [0.05, 0.1) is 59.9 Å². The third-order valence-corrected chi connectivity index (χ3v) is 12.8. The molecular formula is C43H38Cl2N4O7. The predicted octanol–water partition coefficient (Wildman–Crippen LogP) is 6.73. The fourth-order valence-electron chi connectivity index (χ4n) is 9.77. The van der Waals surface area contributed by atoms with Gasteiger partial charge >= 0.3 is 0 Å². The number of hydrogen-bond donors (Lipinski definition) is 2. The maximum Gasteiger partial charge on any atom is 0.260 e. The van der Waals surface area contributed by atoms with Crippen molar-refractivity contribution in [2.45, 2.75) is 24.2 Å². The first-order chi connectivity index (χ1) is 27.1. The van der Waals surface area contributed by atoms with Crippen molar-refractivity contribution in [1.29, 1.82) is 0 Å². The number of ether oxygens (including phenoxy) is 2. The van der Waals surface area contributed by atoms with Crippen LogP contribution in [-0.4, -0.2) is 67.2 Å². The molecular weight excluding hydrogens is 755 g/mol. The second-order valence-electron chi connectivity index (χ2n) is 14.9. The van der Waals surface area contributed by atoms with Gasteiger partial charge in [0, 0.05) is 29.7 Å². The zero-order chi connectivity index (χ0) is 38.9. The van der Waals surface area contributed by atoms with Crippen molar-refractivity contribution in [2.24, 2.45) is 23.7 Å². The number of nitrogens with zero attached hydrogens (tertiary/aromatic N) is 3. The molecule has 286 valence electrons. The number of phenols is 1.